The number of rotatable bonds is 6. The van der Waals surface area contributed by atoms with Gasteiger partial charge in [0.15, 0.2) is 11.3 Å². The molecule has 0 radical (unpaired) electrons. The fraction of sp³-hybridized carbons (Fsp3) is 0.450. The number of H-pyrrole nitrogens is 1. The summed E-state index contributed by atoms with van der Waals surface area (Å²) in [6.07, 6.45) is -0.544. The third-order valence-electron chi connectivity index (χ3n) is 4.40. The molecule has 8 heteroatoms. The zero-order chi connectivity index (χ0) is 20.4. The summed E-state index contributed by atoms with van der Waals surface area (Å²) in [4.78, 5) is 9.31. The number of hydrogen-bond donors (Lipinski definition) is 4. The van der Waals surface area contributed by atoms with Crippen molar-refractivity contribution in [1.82, 2.24) is 19.7 Å². The highest BCUT2D eigenvalue weighted by atomic mass is 16.3. The quantitative estimate of drug-likeness (QED) is 0.488. The minimum absolute atomic E-state index is 0.124. The van der Waals surface area contributed by atoms with Gasteiger partial charge in [0, 0.05) is 17.4 Å². The molecular formula is C20H29N7O. The number of fused-ring (bicyclic) bond motifs is 1. The number of aliphatic hydroxyl groups is 1. The number of nitrogen functional groups attached to an aromatic ring is 1. The molecule has 1 aromatic carbocycles. The molecule has 8 nitrogen and oxygen atoms in total. The summed E-state index contributed by atoms with van der Waals surface area (Å²) in [5.74, 6) is 0.854. The Morgan fingerprint density at radius 3 is 2.61 bits per heavy atom. The Balaban J connectivity index is 2.29. The Hall–Kier alpha value is -2.87. The number of hydrogen-bond acceptors (Lipinski definition) is 6. The van der Waals surface area contributed by atoms with Crippen LogP contribution in [0.5, 0.6) is 0 Å². The minimum Gasteiger partial charge on any atom is -0.399 e. The molecular weight excluding hydrogens is 354 g/mol. The van der Waals surface area contributed by atoms with E-state index in [1.165, 1.54) is 0 Å². The summed E-state index contributed by atoms with van der Waals surface area (Å²) in [6.45, 7) is 10.4. The molecule has 0 aliphatic rings. The number of aromatic amines is 1. The summed E-state index contributed by atoms with van der Waals surface area (Å²) < 4.78 is 2.07. The van der Waals surface area contributed by atoms with Crippen LogP contribution < -0.4 is 16.7 Å². The van der Waals surface area contributed by atoms with E-state index in [-0.39, 0.29) is 18.5 Å². The molecule has 3 aromatic rings. The van der Waals surface area contributed by atoms with E-state index < -0.39 is 6.10 Å². The van der Waals surface area contributed by atoms with Crippen molar-refractivity contribution in [3.05, 3.63) is 35.6 Å². The van der Waals surface area contributed by atoms with E-state index in [0.29, 0.717) is 17.1 Å². The van der Waals surface area contributed by atoms with Gasteiger partial charge in [-0.2, -0.15) is 10.1 Å². The summed E-state index contributed by atoms with van der Waals surface area (Å²) in [5.41, 5.74) is 10.7. The first-order chi connectivity index (χ1) is 13.3. The average Bonchev–Trinajstić information content (AvgIpc) is 3.04. The molecule has 5 N–H and O–H groups in total. The van der Waals surface area contributed by atoms with Crippen molar-refractivity contribution >= 4 is 28.2 Å². The topological polar surface area (TPSA) is 117 Å². The molecule has 28 heavy (non-hydrogen) atoms. The van der Waals surface area contributed by atoms with Gasteiger partial charge in [-0.15, -0.1) is 0 Å². The van der Waals surface area contributed by atoms with Crippen LogP contribution in [0.15, 0.2) is 29.3 Å². The van der Waals surface area contributed by atoms with Crippen molar-refractivity contribution < 1.29 is 5.11 Å². The van der Waals surface area contributed by atoms with Crippen molar-refractivity contribution in [2.75, 3.05) is 17.6 Å². The smallest absolute Gasteiger partial charge is 0.227 e. The first kappa shape index (κ1) is 19.9. The van der Waals surface area contributed by atoms with Gasteiger partial charge in [-0.1, -0.05) is 19.9 Å². The highest BCUT2D eigenvalue weighted by Crippen LogP contribution is 2.29. The molecule has 1 atom stereocenters. The van der Waals surface area contributed by atoms with Gasteiger partial charge in [-0.3, -0.25) is 5.10 Å². The number of benzene rings is 1. The van der Waals surface area contributed by atoms with E-state index in [0.717, 1.165) is 22.4 Å². The number of aliphatic hydroxyl groups excluding tert-OH is 1. The van der Waals surface area contributed by atoms with Crippen LogP contribution >= 0.6 is 0 Å². The molecule has 0 aliphatic heterocycles. The highest BCUT2D eigenvalue weighted by molar-refractivity contribution is 5.89. The number of nitrogens with two attached hydrogens (primary N) is 1. The third kappa shape index (κ3) is 4.01. The lowest BCUT2D eigenvalue weighted by atomic mass is 10.1. The molecule has 2 heterocycles. The molecule has 0 aliphatic carbocycles. The van der Waals surface area contributed by atoms with Crippen molar-refractivity contribution in [3.8, 4) is 0 Å². The maximum absolute atomic E-state index is 9.72. The molecule has 0 fully saturated rings. The molecule has 2 aromatic heterocycles. The van der Waals surface area contributed by atoms with Crippen molar-refractivity contribution in [2.24, 2.45) is 4.99 Å². The Morgan fingerprint density at radius 1 is 1.25 bits per heavy atom. The van der Waals surface area contributed by atoms with E-state index in [1.54, 1.807) is 6.92 Å². The van der Waals surface area contributed by atoms with Crippen molar-refractivity contribution in [2.45, 2.75) is 52.7 Å². The molecule has 0 saturated heterocycles. The van der Waals surface area contributed by atoms with E-state index in [4.69, 9.17) is 10.7 Å². The van der Waals surface area contributed by atoms with E-state index >= 15 is 0 Å². The van der Waals surface area contributed by atoms with Gasteiger partial charge >= 0.3 is 0 Å². The summed E-state index contributed by atoms with van der Waals surface area (Å²) in [7, 11) is 0. The Bertz CT molecular complexity index is 1030. The monoisotopic (exact) mass is 383 g/mol. The summed E-state index contributed by atoms with van der Waals surface area (Å²) in [6, 6.07) is 7.62. The van der Waals surface area contributed by atoms with Gasteiger partial charge in [0.25, 0.3) is 0 Å². The number of nitrogens with zero attached hydrogens (tertiary/aromatic N) is 4. The van der Waals surface area contributed by atoms with Crippen molar-refractivity contribution in [3.63, 3.8) is 0 Å². The number of aromatic nitrogens is 4. The van der Waals surface area contributed by atoms with Crippen LogP contribution in [0, 0.1) is 0 Å². The number of anilines is 3. The predicted octanol–water partition coefficient (Wildman–Crippen LogP) is 3.07. The molecule has 150 valence electrons. The molecule has 0 amide bonds. The normalized spacial score (nSPS) is 13.6. The van der Waals surface area contributed by atoms with Gasteiger partial charge in [-0.05, 0) is 44.9 Å². The number of nitrogens with one attached hydrogen (secondary N) is 2. The van der Waals surface area contributed by atoms with E-state index in [2.05, 4.69) is 52.8 Å². The summed E-state index contributed by atoms with van der Waals surface area (Å²) in [5, 5.41) is 20.8. The zero-order valence-electron chi connectivity index (χ0n) is 17.1. The fourth-order valence-electron chi connectivity index (χ4n) is 3.12. The first-order valence-electron chi connectivity index (χ1n) is 9.59. The summed E-state index contributed by atoms with van der Waals surface area (Å²) >= 11 is 0. The van der Waals surface area contributed by atoms with Gasteiger partial charge in [0.1, 0.15) is 0 Å². The molecule has 0 saturated carbocycles. The molecule has 1 unspecified atom stereocenters. The van der Waals surface area contributed by atoms with Gasteiger partial charge in [0.05, 0.1) is 23.9 Å². The van der Waals surface area contributed by atoms with Crippen LogP contribution in [0.2, 0.25) is 0 Å². The molecule has 3 rings (SSSR count). The van der Waals surface area contributed by atoms with Crippen LogP contribution in [0.1, 0.15) is 52.3 Å². The zero-order valence-corrected chi connectivity index (χ0v) is 17.1. The maximum Gasteiger partial charge on any atom is 0.227 e. The van der Waals surface area contributed by atoms with Crippen LogP contribution in [0.25, 0.3) is 11.0 Å². The minimum atomic E-state index is -0.544. The second-order valence-corrected chi connectivity index (χ2v) is 7.65. The van der Waals surface area contributed by atoms with Gasteiger partial charge in [0.2, 0.25) is 5.62 Å². The Kier molecular flexibility index (Phi) is 5.69. The Morgan fingerprint density at radius 2 is 2.00 bits per heavy atom. The average molecular weight is 384 g/mol. The van der Waals surface area contributed by atoms with Crippen LogP contribution in [0.3, 0.4) is 0 Å². The van der Waals surface area contributed by atoms with Crippen molar-refractivity contribution in [1.29, 1.82) is 0 Å². The van der Waals surface area contributed by atoms with Crippen LogP contribution in [0.4, 0.5) is 17.2 Å². The lowest BCUT2D eigenvalue weighted by Crippen LogP contribution is -2.29. The largest absolute Gasteiger partial charge is 0.399 e. The van der Waals surface area contributed by atoms with Gasteiger partial charge < -0.3 is 20.7 Å². The van der Waals surface area contributed by atoms with E-state index in [1.807, 2.05) is 24.3 Å². The second kappa shape index (κ2) is 8.02. The van der Waals surface area contributed by atoms with Crippen LogP contribution in [-0.2, 0) is 0 Å². The fourth-order valence-corrected chi connectivity index (χ4v) is 3.12. The molecule has 0 spiro atoms. The second-order valence-electron chi connectivity index (χ2n) is 7.65. The lowest BCUT2D eigenvalue weighted by molar-refractivity contribution is 0.202. The standard InChI is InChI=1S/C20H29N7O/c1-11(2)16-18-17(26-25-16)19(23-15-8-6-7-14(21)9-15)24-20(22-10-13(5)28)27(18)12(3)4/h6-9,11-13,28H,10,21H2,1-5H3,(H,25,26)(H,22,23,24). The lowest BCUT2D eigenvalue weighted by Gasteiger charge is -2.17. The third-order valence-corrected chi connectivity index (χ3v) is 4.40. The predicted molar refractivity (Wildman–Crippen MR) is 113 cm³/mol. The van der Waals surface area contributed by atoms with E-state index in [9.17, 15) is 5.11 Å². The first-order valence-corrected chi connectivity index (χ1v) is 9.59. The maximum atomic E-state index is 9.72. The van der Waals surface area contributed by atoms with Gasteiger partial charge in [-0.25, -0.2) is 4.99 Å². The molecule has 0 bridgehead atoms. The van der Waals surface area contributed by atoms with Crippen LogP contribution in [-0.4, -0.2) is 37.5 Å². The highest BCUT2D eigenvalue weighted by Gasteiger charge is 2.20. The SMILES string of the molecule is CC(O)CN=c1nc(Nc2cccc(N)c2)c2n[nH]c(C(C)C)c2n1C(C)C. The Labute approximate surface area is 164 Å².